The van der Waals surface area contributed by atoms with Crippen molar-refractivity contribution in [2.75, 3.05) is 46.6 Å². The summed E-state index contributed by atoms with van der Waals surface area (Å²) in [5.41, 5.74) is 0. The SMILES string of the molecule is CC(C)CC(CNS(=O)(=O)c1ccc2c(c1)OCO2)N1CCN(C)CC1. The predicted octanol–water partition coefficient (Wildman–Crippen LogP) is 1.36. The Balaban J connectivity index is 1.67. The molecular formula is C18H29N3O4S. The van der Waals surface area contributed by atoms with Crippen LogP contribution in [0.3, 0.4) is 0 Å². The van der Waals surface area contributed by atoms with Crippen LogP contribution in [0.1, 0.15) is 20.3 Å². The maximum Gasteiger partial charge on any atom is 0.240 e. The molecule has 7 nitrogen and oxygen atoms in total. The quantitative estimate of drug-likeness (QED) is 0.767. The van der Waals surface area contributed by atoms with Gasteiger partial charge in [-0.2, -0.15) is 0 Å². The van der Waals surface area contributed by atoms with Crippen LogP contribution >= 0.6 is 0 Å². The van der Waals surface area contributed by atoms with Gasteiger partial charge in [0, 0.05) is 44.8 Å². The molecule has 146 valence electrons. The van der Waals surface area contributed by atoms with Crippen LogP contribution < -0.4 is 14.2 Å². The molecular weight excluding hydrogens is 354 g/mol. The van der Waals surface area contributed by atoms with Crippen molar-refractivity contribution in [3.8, 4) is 11.5 Å². The minimum absolute atomic E-state index is 0.131. The molecule has 0 radical (unpaired) electrons. The highest BCUT2D eigenvalue weighted by Crippen LogP contribution is 2.33. The van der Waals surface area contributed by atoms with E-state index < -0.39 is 10.0 Å². The van der Waals surface area contributed by atoms with Crippen molar-refractivity contribution < 1.29 is 17.9 Å². The van der Waals surface area contributed by atoms with Crippen molar-refractivity contribution in [2.24, 2.45) is 5.92 Å². The van der Waals surface area contributed by atoms with Gasteiger partial charge in [0.05, 0.1) is 4.90 Å². The number of ether oxygens (including phenoxy) is 2. The largest absolute Gasteiger partial charge is 0.454 e. The van der Waals surface area contributed by atoms with Gasteiger partial charge in [0.15, 0.2) is 11.5 Å². The Morgan fingerprint density at radius 1 is 1.12 bits per heavy atom. The van der Waals surface area contributed by atoms with Crippen molar-refractivity contribution in [3.63, 3.8) is 0 Å². The number of likely N-dealkylation sites (N-methyl/N-ethyl adjacent to an activating group) is 1. The Labute approximate surface area is 156 Å². The van der Waals surface area contributed by atoms with Gasteiger partial charge in [0.1, 0.15) is 0 Å². The van der Waals surface area contributed by atoms with Crippen molar-refractivity contribution in [2.45, 2.75) is 31.2 Å². The van der Waals surface area contributed by atoms with Gasteiger partial charge in [0.25, 0.3) is 0 Å². The Hall–Kier alpha value is -1.35. The van der Waals surface area contributed by atoms with Gasteiger partial charge in [-0.3, -0.25) is 4.90 Å². The molecule has 1 N–H and O–H groups in total. The van der Waals surface area contributed by atoms with E-state index in [9.17, 15) is 8.42 Å². The zero-order valence-electron chi connectivity index (χ0n) is 15.8. The molecule has 0 saturated carbocycles. The number of nitrogens with zero attached hydrogens (tertiary/aromatic N) is 2. The molecule has 8 heteroatoms. The van der Waals surface area contributed by atoms with E-state index in [4.69, 9.17) is 9.47 Å². The standard InChI is InChI=1S/C18H29N3O4S/c1-14(2)10-15(21-8-6-20(3)7-9-21)12-19-26(22,23)16-4-5-17-18(11-16)25-13-24-17/h4-5,11,14-15,19H,6-10,12-13H2,1-3H3. The van der Waals surface area contributed by atoms with Crippen LogP contribution in [0.25, 0.3) is 0 Å². The van der Waals surface area contributed by atoms with E-state index in [0.717, 1.165) is 32.6 Å². The lowest BCUT2D eigenvalue weighted by molar-refractivity contribution is 0.102. The predicted molar refractivity (Wildman–Crippen MR) is 100 cm³/mol. The second-order valence-electron chi connectivity index (χ2n) is 7.49. The smallest absolute Gasteiger partial charge is 0.240 e. The number of hydrogen-bond donors (Lipinski definition) is 1. The minimum atomic E-state index is -3.58. The molecule has 1 fully saturated rings. The molecule has 0 bridgehead atoms. The minimum Gasteiger partial charge on any atom is -0.454 e. The van der Waals surface area contributed by atoms with Crippen LogP contribution in [0.5, 0.6) is 11.5 Å². The van der Waals surface area contributed by atoms with E-state index >= 15 is 0 Å². The highest BCUT2D eigenvalue weighted by molar-refractivity contribution is 7.89. The lowest BCUT2D eigenvalue weighted by Gasteiger charge is -2.38. The molecule has 0 aliphatic carbocycles. The fourth-order valence-corrected chi connectivity index (χ4v) is 4.51. The van der Waals surface area contributed by atoms with Gasteiger partial charge < -0.3 is 14.4 Å². The van der Waals surface area contributed by atoms with E-state index in [1.165, 1.54) is 6.07 Å². The van der Waals surface area contributed by atoms with Gasteiger partial charge in [0.2, 0.25) is 16.8 Å². The third kappa shape index (κ3) is 4.68. The van der Waals surface area contributed by atoms with Crippen LogP contribution in [0.15, 0.2) is 23.1 Å². The Bertz CT molecular complexity index is 715. The maximum absolute atomic E-state index is 12.7. The lowest BCUT2D eigenvalue weighted by Crippen LogP contribution is -2.52. The van der Waals surface area contributed by atoms with E-state index in [1.807, 2.05) is 0 Å². The van der Waals surface area contributed by atoms with Crippen LogP contribution in [0, 0.1) is 5.92 Å². The van der Waals surface area contributed by atoms with Crippen molar-refractivity contribution >= 4 is 10.0 Å². The highest BCUT2D eigenvalue weighted by Gasteiger charge is 2.26. The summed E-state index contributed by atoms with van der Waals surface area (Å²) in [6.45, 7) is 8.88. The van der Waals surface area contributed by atoms with Gasteiger partial charge in [-0.05, 0) is 31.5 Å². The molecule has 1 aromatic rings. The molecule has 2 heterocycles. The number of nitrogens with one attached hydrogen (secondary N) is 1. The number of benzene rings is 1. The molecule has 0 aromatic heterocycles. The summed E-state index contributed by atoms with van der Waals surface area (Å²) in [4.78, 5) is 4.92. The number of piperazine rings is 1. The summed E-state index contributed by atoms with van der Waals surface area (Å²) < 4.78 is 38.8. The Morgan fingerprint density at radius 3 is 2.50 bits per heavy atom. The van der Waals surface area contributed by atoms with Crippen molar-refractivity contribution in [1.29, 1.82) is 0 Å². The molecule has 3 rings (SSSR count). The monoisotopic (exact) mass is 383 g/mol. The zero-order valence-corrected chi connectivity index (χ0v) is 16.6. The summed E-state index contributed by atoms with van der Waals surface area (Å²) in [5.74, 6) is 1.57. The summed E-state index contributed by atoms with van der Waals surface area (Å²) >= 11 is 0. The van der Waals surface area contributed by atoms with Gasteiger partial charge in [-0.25, -0.2) is 13.1 Å². The van der Waals surface area contributed by atoms with E-state index in [0.29, 0.717) is 24.0 Å². The molecule has 1 saturated heterocycles. The fourth-order valence-electron chi connectivity index (χ4n) is 3.43. The molecule has 0 amide bonds. The summed E-state index contributed by atoms with van der Waals surface area (Å²) in [6.07, 6.45) is 0.966. The van der Waals surface area contributed by atoms with E-state index in [1.54, 1.807) is 12.1 Å². The third-order valence-electron chi connectivity index (χ3n) is 4.96. The average Bonchev–Trinajstić information content (AvgIpc) is 3.07. The first kappa shape index (κ1) is 19.4. The molecule has 26 heavy (non-hydrogen) atoms. The summed E-state index contributed by atoms with van der Waals surface area (Å²) in [5, 5.41) is 0. The molecule has 2 aliphatic rings. The second kappa shape index (κ2) is 8.12. The third-order valence-corrected chi connectivity index (χ3v) is 6.38. The number of fused-ring (bicyclic) bond motifs is 1. The molecule has 1 unspecified atom stereocenters. The molecule has 1 atom stereocenters. The maximum atomic E-state index is 12.7. The second-order valence-corrected chi connectivity index (χ2v) is 9.26. The first-order chi connectivity index (χ1) is 12.3. The number of sulfonamides is 1. The topological polar surface area (TPSA) is 71.1 Å². The number of rotatable bonds is 7. The first-order valence-electron chi connectivity index (χ1n) is 9.17. The van der Waals surface area contributed by atoms with Crippen LogP contribution in [0.4, 0.5) is 0 Å². The van der Waals surface area contributed by atoms with Gasteiger partial charge >= 0.3 is 0 Å². The normalized spacial score (nSPS) is 19.8. The van der Waals surface area contributed by atoms with Gasteiger partial charge in [-0.15, -0.1) is 0 Å². The van der Waals surface area contributed by atoms with Crippen LogP contribution in [0.2, 0.25) is 0 Å². The zero-order chi connectivity index (χ0) is 18.7. The lowest BCUT2D eigenvalue weighted by atomic mass is 10.0. The molecule has 0 spiro atoms. The fraction of sp³-hybridized carbons (Fsp3) is 0.667. The van der Waals surface area contributed by atoms with Crippen LogP contribution in [-0.2, 0) is 10.0 Å². The highest BCUT2D eigenvalue weighted by atomic mass is 32.2. The average molecular weight is 384 g/mol. The van der Waals surface area contributed by atoms with E-state index in [2.05, 4.69) is 35.4 Å². The van der Waals surface area contributed by atoms with E-state index in [-0.39, 0.29) is 17.7 Å². The first-order valence-corrected chi connectivity index (χ1v) is 10.7. The number of hydrogen-bond acceptors (Lipinski definition) is 6. The van der Waals surface area contributed by atoms with Crippen molar-refractivity contribution in [1.82, 2.24) is 14.5 Å². The summed E-state index contributed by atoms with van der Waals surface area (Å²) in [7, 11) is -1.46. The van der Waals surface area contributed by atoms with Crippen molar-refractivity contribution in [3.05, 3.63) is 18.2 Å². The van der Waals surface area contributed by atoms with Gasteiger partial charge in [-0.1, -0.05) is 13.8 Å². The Morgan fingerprint density at radius 2 is 1.81 bits per heavy atom. The molecule has 1 aromatic carbocycles. The molecule has 2 aliphatic heterocycles. The van der Waals surface area contributed by atoms with Crippen LogP contribution in [-0.4, -0.2) is 70.8 Å². The Kier molecular flexibility index (Phi) is 6.06. The summed E-state index contributed by atoms with van der Waals surface area (Å²) in [6, 6.07) is 4.93.